The molecule has 2 aliphatic heterocycles. The van der Waals surface area contributed by atoms with Crippen LogP contribution in [0.5, 0.6) is 5.75 Å². The van der Waals surface area contributed by atoms with Crippen molar-refractivity contribution in [3.05, 3.63) is 65.2 Å². The number of hydrogen-bond donors (Lipinski definition) is 2. The Hall–Kier alpha value is -2.37. The number of carbonyl (C=O) groups excluding carboxylic acids is 1. The molecule has 0 aliphatic carbocycles. The molecular formula is C25H33N3O2. The fourth-order valence-electron chi connectivity index (χ4n) is 4.54. The van der Waals surface area contributed by atoms with E-state index in [9.17, 15) is 4.79 Å². The molecule has 0 spiro atoms. The number of ether oxygens (including phenoxy) is 1. The van der Waals surface area contributed by atoms with E-state index in [4.69, 9.17) is 4.74 Å². The summed E-state index contributed by atoms with van der Waals surface area (Å²) in [5.74, 6) is 1.26. The minimum absolute atomic E-state index is 0.0458. The van der Waals surface area contributed by atoms with E-state index in [1.165, 1.54) is 29.5 Å². The predicted molar refractivity (Wildman–Crippen MR) is 120 cm³/mol. The second-order valence-corrected chi connectivity index (χ2v) is 8.37. The molecule has 5 heteroatoms. The van der Waals surface area contributed by atoms with Crippen LogP contribution in [0.15, 0.2) is 48.5 Å². The SMILES string of the molecule is O=C(COc1ccccc1C1CCCNC1)NCCCN1CCc2ccccc2C1. The van der Waals surface area contributed by atoms with Crippen LogP contribution >= 0.6 is 0 Å². The quantitative estimate of drug-likeness (QED) is 0.661. The maximum absolute atomic E-state index is 12.3. The van der Waals surface area contributed by atoms with Gasteiger partial charge in [-0.05, 0) is 55.0 Å². The van der Waals surface area contributed by atoms with Crippen molar-refractivity contribution in [2.75, 3.05) is 39.3 Å². The van der Waals surface area contributed by atoms with Gasteiger partial charge in [0.15, 0.2) is 6.61 Å². The lowest BCUT2D eigenvalue weighted by atomic mass is 9.91. The summed E-state index contributed by atoms with van der Waals surface area (Å²) < 4.78 is 5.89. The number of carbonyl (C=O) groups is 1. The number of nitrogens with zero attached hydrogens (tertiary/aromatic N) is 1. The fourth-order valence-corrected chi connectivity index (χ4v) is 4.54. The van der Waals surface area contributed by atoms with Crippen LogP contribution in [-0.4, -0.2) is 50.1 Å². The molecule has 2 aromatic rings. The molecule has 2 N–H and O–H groups in total. The van der Waals surface area contributed by atoms with Gasteiger partial charge in [-0.3, -0.25) is 9.69 Å². The Bertz CT molecular complexity index is 833. The molecule has 1 fully saturated rings. The molecule has 2 aromatic carbocycles. The zero-order valence-electron chi connectivity index (χ0n) is 17.7. The monoisotopic (exact) mass is 407 g/mol. The number of hydrogen-bond acceptors (Lipinski definition) is 4. The van der Waals surface area contributed by atoms with Gasteiger partial charge in [-0.25, -0.2) is 0 Å². The lowest BCUT2D eigenvalue weighted by Gasteiger charge is -2.28. The van der Waals surface area contributed by atoms with E-state index in [0.29, 0.717) is 12.5 Å². The molecule has 0 bridgehead atoms. The van der Waals surface area contributed by atoms with E-state index in [0.717, 1.165) is 51.3 Å². The average Bonchev–Trinajstić information content (AvgIpc) is 2.81. The molecule has 1 saturated heterocycles. The standard InChI is InChI=1S/C25H33N3O2/c29-25(19-30-24-11-4-3-10-23(24)21-9-5-13-26-17-21)27-14-6-15-28-16-12-20-7-1-2-8-22(20)18-28/h1-4,7-8,10-11,21,26H,5-6,9,12-19H2,(H,27,29). The first-order valence-electron chi connectivity index (χ1n) is 11.3. The van der Waals surface area contributed by atoms with Gasteiger partial charge in [-0.15, -0.1) is 0 Å². The Kier molecular flexibility index (Phi) is 7.38. The minimum Gasteiger partial charge on any atom is -0.483 e. The van der Waals surface area contributed by atoms with Crippen LogP contribution < -0.4 is 15.4 Å². The van der Waals surface area contributed by atoms with Crippen molar-refractivity contribution in [3.8, 4) is 5.75 Å². The molecular weight excluding hydrogens is 374 g/mol. The second-order valence-electron chi connectivity index (χ2n) is 8.37. The Labute approximate surface area is 179 Å². The summed E-state index contributed by atoms with van der Waals surface area (Å²) in [6.07, 6.45) is 4.42. The lowest BCUT2D eigenvalue weighted by molar-refractivity contribution is -0.123. The van der Waals surface area contributed by atoms with Crippen LogP contribution in [0.1, 0.15) is 41.9 Å². The molecule has 1 atom stereocenters. The molecule has 0 radical (unpaired) electrons. The van der Waals surface area contributed by atoms with Gasteiger partial charge in [0.25, 0.3) is 5.91 Å². The van der Waals surface area contributed by atoms with E-state index in [-0.39, 0.29) is 12.5 Å². The van der Waals surface area contributed by atoms with Gasteiger partial charge in [-0.2, -0.15) is 0 Å². The van der Waals surface area contributed by atoms with E-state index in [1.54, 1.807) is 0 Å². The maximum Gasteiger partial charge on any atom is 0.257 e. The topological polar surface area (TPSA) is 53.6 Å². The van der Waals surface area contributed by atoms with E-state index < -0.39 is 0 Å². The highest BCUT2D eigenvalue weighted by Gasteiger charge is 2.19. The normalized spacial score (nSPS) is 19.1. The largest absolute Gasteiger partial charge is 0.483 e. The Morgan fingerprint density at radius 2 is 1.97 bits per heavy atom. The van der Waals surface area contributed by atoms with Gasteiger partial charge in [0.2, 0.25) is 0 Å². The van der Waals surface area contributed by atoms with Crippen molar-refractivity contribution in [1.82, 2.24) is 15.5 Å². The molecule has 2 aliphatic rings. The number of para-hydroxylation sites is 1. The molecule has 160 valence electrons. The van der Waals surface area contributed by atoms with Gasteiger partial charge in [0.1, 0.15) is 5.75 Å². The number of fused-ring (bicyclic) bond motifs is 1. The van der Waals surface area contributed by atoms with Crippen molar-refractivity contribution in [2.45, 2.75) is 38.1 Å². The summed E-state index contributed by atoms with van der Waals surface area (Å²) >= 11 is 0. The van der Waals surface area contributed by atoms with Crippen molar-refractivity contribution in [1.29, 1.82) is 0 Å². The van der Waals surface area contributed by atoms with E-state index in [1.807, 2.05) is 12.1 Å². The zero-order chi connectivity index (χ0) is 20.6. The highest BCUT2D eigenvalue weighted by molar-refractivity contribution is 5.77. The van der Waals surface area contributed by atoms with Crippen LogP contribution in [0.2, 0.25) is 0 Å². The molecule has 2 heterocycles. The number of amides is 1. The second kappa shape index (κ2) is 10.6. The first-order chi connectivity index (χ1) is 14.8. The number of benzene rings is 2. The summed E-state index contributed by atoms with van der Waals surface area (Å²) in [4.78, 5) is 14.7. The Balaban J connectivity index is 1.17. The van der Waals surface area contributed by atoms with Gasteiger partial charge < -0.3 is 15.4 Å². The van der Waals surface area contributed by atoms with Gasteiger partial charge in [-0.1, -0.05) is 42.5 Å². The summed E-state index contributed by atoms with van der Waals surface area (Å²) in [5.41, 5.74) is 4.12. The predicted octanol–water partition coefficient (Wildman–Crippen LogP) is 3.10. The summed E-state index contributed by atoms with van der Waals surface area (Å²) in [5, 5.41) is 6.46. The summed E-state index contributed by atoms with van der Waals surface area (Å²) in [6.45, 7) is 5.95. The third kappa shape index (κ3) is 5.61. The maximum atomic E-state index is 12.3. The first kappa shape index (κ1) is 20.9. The molecule has 1 amide bonds. The zero-order valence-corrected chi connectivity index (χ0v) is 17.7. The average molecular weight is 408 g/mol. The molecule has 1 unspecified atom stereocenters. The Morgan fingerprint density at radius 1 is 1.13 bits per heavy atom. The number of rotatable bonds is 8. The van der Waals surface area contributed by atoms with Crippen molar-refractivity contribution in [3.63, 3.8) is 0 Å². The van der Waals surface area contributed by atoms with Crippen LogP contribution in [0.3, 0.4) is 0 Å². The van der Waals surface area contributed by atoms with Crippen LogP contribution in [0, 0.1) is 0 Å². The Morgan fingerprint density at radius 3 is 2.83 bits per heavy atom. The third-order valence-electron chi connectivity index (χ3n) is 6.20. The summed E-state index contributed by atoms with van der Waals surface area (Å²) in [7, 11) is 0. The van der Waals surface area contributed by atoms with Gasteiger partial charge >= 0.3 is 0 Å². The minimum atomic E-state index is -0.0458. The third-order valence-corrected chi connectivity index (χ3v) is 6.20. The number of piperidine rings is 1. The van der Waals surface area contributed by atoms with Crippen LogP contribution in [0.25, 0.3) is 0 Å². The summed E-state index contributed by atoms with van der Waals surface area (Å²) in [6, 6.07) is 16.8. The van der Waals surface area contributed by atoms with Crippen LogP contribution in [0.4, 0.5) is 0 Å². The molecule has 4 rings (SSSR count). The lowest BCUT2D eigenvalue weighted by Crippen LogP contribution is -2.35. The highest BCUT2D eigenvalue weighted by atomic mass is 16.5. The van der Waals surface area contributed by atoms with Crippen LogP contribution in [-0.2, 0) is 17.8 Å². The molecule has 30 heavy (non-hydrogen) atoms. The van der Waals surface area contributed by atoms with Gasteiger partial charge in [0, 0.05) is 38.6 Å². The number of nitrogens with one attached hydrogen (secondary N) is 2. The van der Waals surface area contributed by atoms with Crippen molar-refractivity contribution in [2.24, 2.45) is 0 Å². The molecule has 0 aromatic heterocycles. The fraction of sp³-hybridized carbons (Fsp3) is 0.480. The van der Waals surface area contributed by atoms with E-state index >= 15 is 0 Å². The van der Waals surface area contributed by atoms with Crippen molar-refractivity contribution >= 4 is 5.91 Å². The van der Waals surface area contributed by atoms with Gasteiger partial charge in [0.05, 0.1) is 0 Å². The molecule has 5 nitrogen and oxygen atoms in total. The van der Waals surface area contributed by atoms with E-state index in [2.05, 4.69) is 51.9 Å². The van der Waals surface area contributed by atoms with Crippen molar-refractivity contribution < 1.29 is 9.53 Å². The molecule has 0 saturated carbocycles. The highest BCUT2D eigenvalue weighted by Crippen LogP contribution is 2.30. The smallest absolute Gasteiger partial charge is 0.257 e. The first-order valence-corrected chi connectivity index (χ1v) is 11.3.